The van der Waals surface area contributed by atoms with Crippen molar-refractivity contribution in [1.29, 1.82) is 0 Å². The first-order valence-corrected chi connectivity index (χ1v) is 7.39. The molecule has 1 N–H and O–H groups in total. The summed E-state index contributed by atoms with van der Waals surface area (Å²) in [6.45, 7) is 7.23. The van der Waals surface area contributed by atoms with Gasteiger partial charge in [-0.1, -0.05) is 45.0 Å². The average Bonchev–Trinajstić information content (AvgIpc) is 2.81. The van der Waals surface area contributed by atoms with Crippen molar-refractivity contribution in [1.82, 2.24) is 5.32 Å². The van der Waals surface area contributed by atoms with Crippen LogP contribution in [-0.4, -0.2) is 6.04 Å². The molecule has 3 atom stereocenters. The molecular formula is C17H25N. The van der Waals surface area contributed by atoms with Crippen LogP contribution in [-0.2, 0) is 6.42 Å². The number of aryl methyl sites for hydroxylation is 1. The van der Waals surface area contributed by atoms with Crippen LogP contribution >= 0.6 is 0 Å². The van der Waals surface area contributed by atoms with Crippen molar-refractivity contribution in [2.45, 2.75) is 58.5 Å². The monoisotopic (exact) mass is 243 g/mol. The Morgan fingerprint density at radius 2 is 1.94 bits per heavy atom. The smallest absolute Gasteiger partial charge is 0.0328 e. The molecule has 0 aromatic heterocycles. The molecule has 0 radical (unpaired) electrons. The van der Waals surface area contributed by atoms with E-state index in [4.69, 9.17) is 0 Å². The van der Waals surface area contributed by atoms with Crippen molar-refractivity contribution in [3.63, 3.8) is 0 Å². The summed E-state index contributed by atoms with van der Waals surface area (Å²) >= 11 is 0. The number of benzene rings is 1. The van der Waals surface area contributed by atoms with Gasteiger partial charge in [0.15, 0.2) is 0 Å². The third-order valence-electron chi connectivity index (χ3n) is 4.88. The minimum absolute atomic E-state index is 0.523. The maximum absolute atomic E-state index is 3.94. The average molecular weight is 243 g/mol. The third kappa shape index (κ3) is 2.21. The van der Waals surface area contributed by atoms with E-state index in [-0.39, 0.29) is 0 Å². The van der Waals surface area contributed by atoms with Crippen molar-refractivity contribution in [2.24, 2.45) is 11.3 Å². The molecule has 3 rings (SSSR count). The Bertz CT molecular complexity index is 435. The quantitative estimate of drug-likeness (QED) is 0.825. The van der Waals surface area contributed by atoms with Gasteiger partial charge in [-0.05, 0) is 48.1 Å². The normalized spacial score (nSPS) is 33.6. The first kappa shape index (κ1) is 12.2. The Morgan fingerprint density at radius 3 is 2.67 bits per heavy atom. The zero-order valence-electron chi connectivity index (χ0n) is 11.9. The number of rotatable bonds is 2. The summed E-state index contributed by atoms with van der Waals surface area (Å²) in [4.78, 5) is 0. The lowest BCUT2D eigenvalue weighted by Gasteiger charge is -2.24. The van der Waals surface area contributed by atoms with Gasteiger partial charge in [0, 0.05) is 12.1 Å². The van der Waals surface area contributed by atoms with Crippen molar-refractivity contribution < 1.29 is 0 Å². The molecule has 98 valence electrons. The molecule has 1 nitrogen and oxygen atoms in total. The molecule has 0 amide bonds. The molecule has 1 aromatic carbocycles. The predicted molar refractivity (Wildman–Crippen MR) is 76.6 cm³/mol. The van der Waals surface area contributed by atoms with Gasteiger partial charge in [-0.25, -0.2) is 0 Å². The van der Waals surface area contributed by atoms with Gasteiger partial charge in [-0.15, -0.1) is 0 Å². The zero-order chi connectivity index (χ0) is 12.8. The lowest BCUT2D eigenvalue weighted by molar-refractivity contribution is 0.351. The van der Waals surface area contributed by atoms with Crippen LogP contribution < -0.4 is 5.32 Å². The molecule has 0 spiro atoms. The zero-order valence-corrected chi connectivity index (χ0v) is 11.9. The molecule has 2 aliphatic carbocycles. The van der Waals surface area contributed by atoms with Crippen LogP contribution in [0.15, 0.2) is 24.3 Å². The highest BCUT2D eigenvalue weighted by Crippen LogP contribution is 2.42. The van der Waals surface area contributed by atoms with E-state index in [2.05, 4.69) is 50.4 Å². The predicted octanol–water partition coefficient (Wildman–Crippen LogP) is 4.09. The molecule has 0 saturated heterocycles. The summed E-state index contributed by atoms with van der Waals surface area (Å²) in [6, 6.07) is 10.3. The van der Waals surface area contributed by atoms with Gasteiger partial charge in [0.25, 0.3) is 0 Å². The molecule has 1 aromatic rings. The van der Waals surface area contributed by atoms with Crippen LogP contribution in [0.2, 0.25) is 0 Å². The summed E-state index contributed by atoms with van der Waals surface area (Å²) in [5, 5.41) is 3.94. The third-order valence-corrected chi connectivity index (χ3v) is 4.88. The van der Waals surface area contributed by atoms with Crippen LogP contribution in [0.4, 0.5) is 0 Å². The summed E-state index contributed by atoms with van der Waals surface area (Å²) in [5.74, 6) is 0.813. The Labute approximate surface area is 111 Å². The molecule has 0 bridgehead atoms. The SMILES string of the molecule is CC1CC(C)(C)CC1NC1CCc2ccccc21. The molecule has 0 aliphatic heterocycles. The number of hydrogen-bond donors (Lipinski definition) is 1. The fraction of sp³-hybridized carbons (Fsp3) is 0.647. The maximum atomic E-state index is 3.94. The fourth-order valence-corrected chi connectivity index (χ4v) is 4.11. The summed E-state index contributed by atoms with van der Waals surface area (Å²) < 4.78 is 0. The minimum atomic E-state index is 0.523. The Hall–Kier alpha value is -0.820. The van der Waals surface area contributed by atoms with Crippen LogP contribution in [0.3, 0.4) is 0 Å². The van der Waals surface area contributed by atoms with Gasteiger partial charge >= 0.3 is 0 Å². The Kier molecular flexibility index (Phi) is 2.97. The highest BCUT2D eigenvalue weighted by molar-refractivity contribution is 5.34. The van der Waals surface area contributed by atoms with E-state index in [9.17, 15) is 0 Å². The van der Waals surface area contributed by atoms with Crippen molar-refractivity contribution in [3.05, 3.63) is 35.4 Å². The van der Waals surface area contributed by atoms with Crippen molar-refractivity contribution in [2.75, 3.05) is 0 Å². The number of nitrogens with one attached hydrogen (secondary N) is 1. The fourth-order valence-electron chi connectivity index (χ4n) is 4.11. The first-order valence-electron chi connectivity index (χ1n) is 7.39. The van der Waals surface area contributed by atoms with Gasteiger partial charge in [-0.2, -0.15) is 0 Å². The van der Waals surface area contributed by atoms with Gasteiger partial charge < -0.3 is 5.32 Å². The van der Waals surface area contributed by atoms with E-state index >= 15 is 0 Å². The summed E-state index contributed by atoms with van der Waals surface area (Å²) in [7, 11) is 0. The van der Waals surface area contributed by atoms with Gasteiger partial charge in [0.05, 0.1) is 0 Å². The largest absolute Gasteiger partial charge is 0.307 e. The number of fused-ring (bicyclic) bond motifs is 1. The number of hydrogen-bond acceptors (Lipinski definition) is 1. The lowest BCUT2D eigenvalue weighted by atomic mass is 9.91. The molecule has 1 saturated carbocycles. The lowest BCUT2D eigenvalue weighted by Crippen LogP contribution is -2.34. The first-order chi connectivity index (χ1) is 8.55. The molecule has 2 aliphatic rings. The van der Waals surface area contributed by atoms with E-state index in [0.29, 0.717) is 17.5 Å². The van der Waals surface area contributed by atoms with Crippen molar-refractivity contribution in [3.8, 4) is 0 Å². The molecule has 3 unspecified atom stereocenters. The second-order valence-corrected chi connectivity index (χ2v) is 7.11. The molecule has 18 heavy (non-hydrogen) atoms. The van der Waals surface area contributed by atoms with Crippen LogP contribution in [0, 0.1) is 11.3 Å². The Morgan fingerprint density at radius 1 is 1.17 bits per heavy atom. The summed E-state index contributed by atoms with van der Waals surface area (Å²) in [6.07, 6.45) is 5.22. The van der Waals surface area contributed by atoms with Gasteiger partial charge in [-0.3, -0.25) is 0 Å². The van der Waals surface area contributed by atoms with E-state index in [1.165, 1.54) is 25.7 Å². The minimum Gasteiger partial charge on any atom is -0.307 e. The topological polar surface area (TPSA) is 12.0 Å². The van der Waals surface area contributed by atoms with E-state index in [0.717, 1.165) is 5.92 Å². The van der Waals surface area contributed by atoms with E-state index in [1.807, 2.05) is 0 Å². The van der Waals surface area contributed by atoms with Gasteiger partial charge in [0.2, 0.25) is 0 Å². The highest BCUT2D eigenvalue weighted by Gasteiger charge is 2.38. The second kappa shape index (κ2) is 4.38. The van der Waals surface area contributed by atoms with Crippen molar-refractivity contribution >= 4 is 0 Å². The molecule has 1 fully saturated rings. The van der Waals surface area contributed by atoms with E-state index < -0.39 is 0 Å². The van der Waals surface area contributed by atoms with E-state index in [1.54, 1.807) is 11.1 Å². The molecular weight excluding hydrogens is 218 g/mol. The van der Waals surface area contributed by atoms with Crippen LogP contribution in [0.5, 0.6) is 0 Å². The maximum Gasteiger partial charge on any atom is 0.0328 e. The van der Waals surface area contributed by atoms with Gasteiger partial charge in [0.1, 0.15) is 0 Å². The molecule has 0 heterocycles. The Balaban J connectivity index is 1.72. The highest BCUT2D eigenvalue weighted by atomic mass is 15.0. The standard InChI is InChI=1S/C17H25N/c1-12-10-17(2,3)11-16(12)18-15-9-8-13-6-4-5-7-14(13)15/h4-7,12,15-16,18H,8-11H2,1-3H3. The van der Waals surface area contributed by atoms with Crippen LogP contribution in [0.25, 0.3) is 0 Å². The molecule has 1 heteroatoms. The summed E-state index contributed by atoms with van der Waals surface area (Å²) in [5.41, 5.74) is 3.63. The second-order valence-electron chi connectivity index (χ2n) is 7.11. The van der Waals surface area contributed by atoms with Crippen LogP contribution in [0.1, 0.15) is 57.2 Å².